The molecule has 0 aliphatic carbocycles. The van der Waals surface area contributed by atoms with E-state index in [1.54, 1.807) is 0 Å². The van der Waals surface area contributed by atoms with Crippen molar-refractivity contribution in [3.8, 4) is 0 Å². The molecule has 0 amide bonds. The molecule has 0 aromatic heterocycles. The Hall–Kier alpha value is -1.62. The van der Waals surface area contributed by atoms with Crippen molar-refractivity contribution in [3.63, 3.8) is 0 Å². The molecule has 2 aromatic rings. The Bertz CT molecular complexity index is 696. The Morgan fingerprint density at radius 1 is 1.04 bits per heavy atom. The van der Waals surface area contributed by atoms with Crippen molar-refractivity contribution >= 4 is 34.5 Å². The molecule has 0 bridgehead atoms. The summed E-state index contributed by atoms with van der Waals surface area (Å²) in [5.41, 5.74) is 9.11. The number of rotatable bonds is 4. The Morgan fingerprint density at radius 2 is 1.78 bits per heavy atom. The number of benzene rings is 2. The molecule has 23 heavy (non-hydrogen) atoms. The standard InChI is InChI=1S/C18H20ClN3S/c19-16-5-2-6-17(12-16)22-9-7-21(8-10-22)13-14-3-1-4-15(11-14)18(20)23/h1-6,11-12H,7-10,13H2,(H2,20,23). The molecule has 1 aliphatic rings. The van der Waals surface area contributed by atoms with E-state index in [2.05, 4.69) is 28.0 Å². The number of thiocarbonyl (C=S) groups is 1. The van der Waals surface area contributed by atoms with E-state index in [1.165, 1.54) is 11.3 Å². The van der Waals surface area contributed by atoms with Crippen LogP contribution >= 0.6 is 23.8 Å². The highest BCUT2D eigenvalue weighted by Gasteiger charge is 2.17. The lowest BCUT2D eigenvalue weighted by Gasteiger charge is -2.36. The second-order valence-electron chi connectivity index (χ2n) is 5.81. The van der Waals surface area contributed by atoms with Gasteiger partial charge in [0.05, 0.1) is 0 Å². The highest BCUT2D eigenvalue weighted by Crippen LogP contribution is 2.21. The van der Waals surface area contributed by atoms with E-state index in [0.29, 0.717) is 4.99 Å². The summed E-state index contributed by atoms with van der Waals surface area (Å²) in [5, 5.41) is 0.791. The fourth-order valence-electron chi connectivity index (χ4n) is 2.92. The third-order valence-corrected chi connectivity index (χ3v) is 4.63. The molecule has 0 spiro atoms. The maximum atomic E-state index is 6.08. The summed E-state index contributed by atoms with van der Waals surface area (Å²) in [6.07, 6.45) is 0. The summed E-state index contributed by atoms with van der Waals surface area (Å²) in [6.45, 7) is 5.01. The number of nitrogens with zero attached hydrogens (tertiary/aromatic N) is 2. The van der Waals surface area contributed by atoms with Crippen LogP contribution in [0.25, 0.3) is 0 Å². The maximum absolute atomic E-state index is 6.08. The van der Waals surface area contributed by atoms with Gasteiger partial charge in [-0.25, -0.2) is 0 Å². The van der Waals surface area contributed by atoms with Crippen LogP contribution in [0, 0.1) is 0 Å². The van der Waals surface area contributed by atoms with E-state index >= 15 is 0 Å². The lowest BCUT2D eigenvalue weighted by atomic mass is 10.1. The van der Waals surface area contributed by atoms with Crippen molar-refractivity contribution < 1.29 is 0 Å². The molecule has 1 heterocycles. The molecule has 120 valence electrons. The summed E-state index contributed by atoms with van der Waals surface area (Å²) in [4.78, 5) is 5.30. The van der Waals surface area contributed by atoms with Crippen LogP contribution in [0.5, 0.6) is 0 Å². The number of anilines is 1. The zero-order chi connectivity index (χ0) is 16.2. The summed E-state index contributed by atoms with van der Waals surface area (Å²) < 4.78 is 0. The van der Waals surface area contributed by atoms with Crippen LogP contribution in [0.4, 0.5) is 5.69 Å². The molecule has 0 atom stereocenters. The highest BCUT2D eigenvalue weighted by molar-refractivity contribution is 7.80. The van der Waals surface area contributed by atoms with Gasteiger partial charge in [-0.3, -0.25) is 4.90 Å². The van der Waals surface area contributed by atoms with Gasteiger partial charge in [-0.1, -0.05) is 48.1 Å². The summed E-state index contributed by atoms with van der Waals surface area (Å²) in [6, 6.07) is 16.3. The summed E-state index contributed by atoms with van der Waals surface area (Å²) >= 11 is 11.1. The maximum Gasteiger partial charge on any atom is 0.103 e. The van der Waals surface area contributed by atoms with E-state index in [4.69, 9.17) is 29.6 Å². The Morgan fingerprint density at radius 3 is 2.48 bits per heavy atom. The van der Waals surface area contributed by atoms with Gasteiger partial charge in [-0.2, -0.15) is 0 Å². The summed E-state index contributed by atoms with van der Waals surface area (Å²) in [7, 11) is 0. The van der Waals surface area contributed by atoms with Crippen LogP contribution in [0.3, 0.4) is 0 Å². The van der Waals surface area contributed by atoms with Crippen LogP contribution in [-0.2, 0) is 6.54 Å². The van der Waals surface area contributed by atoms with Crippen LogP contribution in [-0.4, -0.2) is 36.1 Å². The molecular weight excluding hydrogens is 326 g/mol. The van der Waals surface area contributed by atoms with Crippen LogP contribution < -0.4 is 10.6 Å². The SMILES string of the molecule is NC(=S)c1cccc(CN2CCN(c3cccc(Cl)c3)CC2)c1. The lowest BCUT2D eigenvalue weighted by Crippen LogP contribution is -2.45. The van der Waals surface area contributed by atoms with E-state index in [9.17, 15) is 0 Å². The third kappa shape index (κ3) is 4.22. The molecular formula is C18H20ClN3S. The summed E-state index contributed by atoms with van der Waals surface area (Å²) in [5.74, 6) is 0. The van der Waals surface area contributed by atoms with Gasteiger partial charge in [0.2, 0.25) is 0 Å². The van der Waals surface area contributed by atoms with Crippen molar-refractivity contribution in [2.24, 2.45) is 5.73 Å². The second kappa shape index (κ2) is 7.30. The van der Waals surface area contributed by atoms with Crippen molar-refractivity contribution in [2.45, 2.75) is 6.54 Å². The monoisotopic (exact) mass is 345 g/mol. The fraction of sp³-hybridized carbons (Fsp3) is 0.278. The van der Waals surface area contributed by atoms with Gasteiger partial charge in [0.1, 0.15) is 4.99 Å². The van der Waals surface area contributed by atoms with Crippen LogP contribution in [0.15, 0.2) is 48.5 Å². The highest BCUT2D eigenvalue weighted by atomic mass is 35.5. The first-order valence-electron chi connectivity index (χ1n) is 7.73. The minimum absolute atomic E-state index is 0.456. The number of piperazine rings is 1. The average Bonchev–Trinajstić information content (AvgIpc) is 2.56. The Labute approximate surface area is 147 Å². The molecule has 5 heteroatoms. The molecule has 0 saturated carbocycles. The van der Waals surface area contributed by atoms with E-state index < -0.39 is 0 Å². The van der Waals surface area contributed by atoms with Crippen molar-refractivity contribution in [3.05, 3.63) is 64.7 Å². The fourth-order valence-corrected chi connectivity index (χ4v) is 3.23. The predicted molar refractivity (Wildman–Crippen MR) is 101 cm³/mol. The first-order chi connectivity index (χ1) is 11.1. The number of nitrogens with two attached hydrogens (primary N) is 1. The Kier molecular flexibility index (Phi) is 5.16. The molecule has 3 nitrogen and oxygen atoms in total. The molecule has 1 fully saturated rings. The van der Waals surface area contributed by atoms with Gasteiger partial charge in [-0.15, -0.1) is 0 Å². The molecule has 3 rings (SSSR count). The topological polar surface area (TPSA) is 32.5 Å². The lowest BCUT2D eigenvalue weighted by molar-refractivity contribution is 0.250. The molecule has 0 unspecified atom stereocenters. The minimum atomic E-state index is 0.456. The Balaban J connectivity index is 1.59. The zero-order valence-corrected chi connectivity index (χ0v) is 14.5. The van der Waals surface area contributed by atoms with Gasteiger partial charge in [0.15, 0.2) is 0 Å². The zero-order valence-electron chi connectivity index (χ0n) is 12.9. The van der Waals surface area contributed by atoms with Crippen molar-refractivity contribution in [2.75, 3.05) is 31.1 Å². The minimum Gasteiger partial charge on any atom is -0.389 e. The molecule has 1 saturated heterocycles. The van der Waals surface area contributed by atoms with E-state index in [1.807, 2.05) is 30.3 Å². The van der Waals surface area contributed by atoms with E-state index in [-0.39, 0.29) is 0 Å². The van der Waals surface area contributed by atoms with Crippen molar-refractivity contribution in [1.82, 2.24) is 4.90 Å². The molecule has 0 radical (unpaired) electrons. The number of hydrogen-bond acceptors (Lipinski definition) is 3. The second-order valence-corrected chi connectivity index (χ2v) is 6.68. The molecule has 2 N–H and O–H groups in total. The number of hydrogen-bond donors (Lipinski definition) is 1. The quantitative estimate of drug-likeness (QED) is 0.862. The van der Waals surface area contributed by atoms with Gasteiger partial charge < -0.3 is 10.6 Å². The van der Waals surface area contributed by atoms with Gasteiger partial charge in [-0.05, 0) is 29.8 Å². The normalized spacial score (nSPS) is 15.6. The third-order valence-electron chi connectivity index (χ3n) is 4.16. The van der Waals surface area contributed by atoms with Crippen molar-refractivity contribution in [1.29, 1.82) is 0 Å². The van der Waals surface area contributed by atoms with Crippen LogP contribution in [0.1, 0.15) is 11.1 Å². The average molecular weight is 346 g/mol. The van der Waals surface area contributed by atoms with Gasteiger partial charge >= 0.3 is 0 Å². The molecule has 2 aromatic carbocycles. The largest absolute Gasteiger partial charge is 0.389 e. The first kappa shape index (κ1) is 16.2. The first-order valence-corrected chi connectivity index (χ1v) is 8.52. The predicted octanol–water partition coefficient (Wildman–Crippen LogP) is 3.30. The molecule has 1 aliphatic heterocycles. The smallest absolute Gasteiger partial charge is 0.103 e. The van der Waals surface area contributed by atoms with Gasteiger partial charge in [0, 0.05) is 49.0 Å². The van der Waals surface area contributed by atoms with Gasteiger partial charge in [0.25, 0.3) is 0 Å². The van der Waals surface area contributed by atoms with E-state index in [0.717, 1.165) is 43.3 Å². The number of halogens is 1. The van der Waals surface area contributed by atoms with Crippen LogP contribution in [0.2, 0.25) is 5.02 Å².